The Morgan fingerprint density at radius 1 is 1.16 bits per heavy atom. The maximum absolute atomic E-state index is 4.61. The highest BCUT2D eigenvalue weighted by molar-refractivity contribution is 5.94. The molecule has 100 valence electrons. The molecule has 0 radical (unpaired) electrons. The van der Waals surface area contributed by atoms with Crippen LogP contribution >= 0.6 is 0 Å². The summed E-state index contributed by atoms with van der Waals surface area (Å²) in [6, 6.07) is 9.10. The summed E-state index contributed by atoms with van der Waals surface area (Å²) in [5.41, 5.74) is 1.18. The van der Waals surface area contributed by atoms with E-state index in [9.17, 15) is 0 Å². The van der Waals surface area contributed by atoms with E-state index in [1.54, 1.807) is 0 Å². The van der Waals surface area contributed by atoms with Crippen LogP contribution in [0.25, 0.3) is 10.8 Å². The van der Waals surface area contributed by atoms with Crippen LogP contribution in [0.4, 0.5) is 11.5 Å². The summed E-state index contributed by atoms with van der Waals surface area (Å²) in [5, 5.41) is 6.00. The van der Waals surface area contributed by atoms with Gasteiger partial charge in [-0.05, 0) is 50.3 Å². The quantitative estimate of drug-likeness (QED) is 0.907. The molecule has 19 heavy (non-hydrogen) atoms. The first-order valence-corrected chi connectivity index (χ1v) is 7.14. The summed E-state index contributed by atoms with van der Waals surface area (Å²) in [4.78, 5) is 7.01. The number of hydrogen-bond acceptors (Lipinski definition) is 3. The van der Waals surface area contributed by atoms with Gasteiger partial charge in [-0.25, -0.2) is 4.98 Å². The molecule has 0 saturated carbocycles. The van der Waals surface area contributed by atoms with Crippen LogP contribution in [-0.2, 0) is 0 Å². The predicted octanol–water partition coefficient (Wildman–Crippen LogP) is 3.66. The highest BCUT2D eigenvalue weighted by atomic mass is 15.2. The van der Waals surface area contributed by atoms with E-state index in [0.29, 0.717) is 6.04 Å². The fourth-order valence-corrected chi connectivity index (χ4v) is 2.76. The van der Waals surface area contributed by atoms with Crippen molar-refractivity contribution < 1.29 is 0 Å². The average Bonchev–Trinajstić information content (AvgIpc) is 2.91. The van der Waals surface area contributed by atoms with Crippen LogP contribution in [0.2, 0.25) is 0 Å². The molecule has 2 heterocycles. The molecule has 0 bridgehead atoms. The third-order valence-electron chi connectivity index (χ3n) is 3.61. The molecule has 1 aliphatic heterocycles. The lowest BCUT2D eigenvalue weighted by atomic mass is 10.1. The molecule has 3 nitrogen and oxygen atoms in total. The number of benzene rings is 1. The molecule has 1 aromatic heterocycles. The van der Waals surface area contributed by atoms with Crippen molar-refractivity contribution >= 4 is 22.3 Å². The zero-order valence-corrected chi connectivity index (χ0v) is 11.7. The maximum atomic E-state index is 4.61. The number of pyridine rings is 1. The Morgan fingerprint density at radius 3 is 2.68 bits per heavy atom. The van der Waals surface area contributed by atoms with E-state index in [1.165, 1.54) is 29.3 Å². The van der Waals surface area contributed by atoms with E-state index in [0.717, 1.165) is 18.9 Å². The molecule has 1 fully saturated rings. The molecule has 2 aromatic rings. The fourth-order valence-electron chi connectivity index (χ4n) is 2.76. The van der Waals surface area contributed by atoms with Gasteiger partial charge in [-0.1, -0.05) is 6.07 Å². The van der Waals surface area contributed by atoms with Gasteiger partial charge in [-0.2, -0.15) is 0 Å². The molecule has 0 amide bonds. The topological polar surface area (TPSA) is 28.2 Å². The van der Waals surface area contributed by atoms with Crippen molar-refractivity contribution in [3.8, 4) is 0 Å². The van der Waals surface area contributed by atoms with Crippen molar-refractivity contribution in [1.29, 1.82) is 0 Å². The molecule has 0 aliphatic carbocycles. The Morgan fingerprint density at radius 2 is 1.95 bits per heavy atom. The largest absolute Gasteiger partial charge is 0.383 e. The molecule has 3 rings (SSSR count). The highest BCUT2D eigenvalue weighted by Crippen LogP contribution is 2.29. The maximum Gasteiger partial charge on any atom is 0.136 e. The second kappa shape index (κ2) is 5.08. The van der Waals surface area contributed by atoms with Crippen LogP contribution in [0.3, 0.4) is 0 Å². The molecular formula is C16H21N3. The van der Waals surface area contributed by atoms with Gasteiger partial charge < -0.3 is 10.2 Å². The van der Waals surface area contributed by atoms with E-state index < -0.39 is 0 Å². The van der Waals surface area contributed by atoms with Gasteiger partial charge in [0.05, 0.1) is 0 Å². The van der Waals surface area contributed by atoms with Crippen LogP contribution in [0.1, 0.15) is 26.7 Å². The van der Waals surface area contributed by atoms with Gasteiger partial charge >= 0.3 is 0 Å². The second-order valence-corrected chi connectivity index (χ2v) is 5.56. The van der Waals surface area contributed by atoms with Gasteiger partial charge in [0.25, 0.3) is 0 Å². The van der Waals surface area contributed by atoms with Crippen molar-refractivity contribution in [2.24, 2.45) is 0 Å². The summed E-state index contributed by atoms with van der Waals surface area (Å²) in [6.45, 7) is 6.59. The molecule has 1 saturated heterocycles. The van der Waals surface area contributed by atoms with Crippen LogP contribution < -0.4 is 10.2 Å². The Kier molecular flexibility index (Phi) is 3.28. The third kappa shape index (κ3) is 2.50. The van der Waals surface area contributed by atoms with E-state index in [4.69, 9.17) is 0 Å². The normalized spacial score (nSPS) is 15.4. The first kappa shape index (κ1) is 12.3. The number of nitrogens with one attached hydrogen (secondary N) is 1. The number of anilines is 2. The number of hydrogen-bond donors (Lipinski definition) is 1. The summed E-state index contributed by atoms with van der Waals surface area (Å²) >= 11 is 0. The van der Waals surface area contributed by atoms with Gasteiger partial charge in [-0.3, -0.25) is 0 Å². The Balaban J connectivity index is 2.05. The summed E-state index contributed by atoms with van der Waals surface area (Å²) in [7, 11) is 0. The minimum absolute atomic E-state index is 0.448. The number of rotatable bonds is 3. The highest BCUT2D eigenvalue weighted by Gasteiger charge is 2.16. The lowest BCUT2D eigenvalue weighted by Gasteiger charge is -2.19. The van der Waals surface area contributed by atoms with Gasteiger partial charge in [0, 0.05) is 36.4 Å². The van der Waals surface area contributed by atoms with Crippen molar-refractivity contribution in [3.05, 3.63) is 30.5 Å². The standard InChI is InChI=1S/C16H21N3/c1-12(2)18-14-6-5-13-7-8-17-16(15(13)11-14)19-9-3-4-10-19/h5-8,11-12,18H,3-4,9-10H2,1-2H3. The molecule has 0 atom stereocenters. The number of nitrogens with zero attached hydrogens (tertiary/aromatic N) is 2. The molecule has 0 unspecified atom stereocenters. The molecule has 1 aromatic carbocycles. The smallest absolute Gasteiger partial charge is 0.136 e. The third-order valence-corrected chi connectivity index (χ3v) is 3.61. The first-order chi connectivity index (χ1) is 9.24. The average molecular weight is 255 g/mol. The lowest BCUT2D eigenvalue weighted by Crippen LogP contribution is -2.19. The lowest BCUT2D eigenvalue weighted by molar-refractivity contribution is 0.900. The first-order valence-electron chi connectivity index (χ1n) is 7.14. The van der Waals surface area contributed by atoms with Crippen LogP contribution in [-0.4, -0.2) is 24.1 Å². The second-order valence-electron chi connectivity index (χ2n) is 5.56. The van der Waals surface area contributed by atoms with Crippen LogP contribution in [0.5, 0.6) is 0 Å². The van der Waals surface area contributed by atoms with Crippen LogP contribution in [0, 0.1) is 0 Å². The summed E-state index contributed by atoms with van der Waals surface area (Å²) < 4.78 is 0. The monoisotopic (exact) mass is 255 g/mol. The fraction of sp³-hybridized carbons (Fsp3) is 0.438. The van der Waals surface area contributed by atoms with Gasteiger partial charge in [0.1, 0.15) is 5.82 Å². The molecule has 1 aliphatic rings. The molecule has 0 spiro atoms. The summed E-state index contributed by atoms with van der Waals surface area (Å²) in [6.07, 6.45) is 4.48. The van der Waals surface area contributed by atoms with Crippen molar-refractivity contribution in [3.63, 3.8) is 0 Å². The zero-order valence-electron chi connectivity index (χ0n) is 11.7. The zero-order chi connectivity index (χ0) is 13.2. The number of aromatic nitrogens is 1. The van der Waals surface area contributed by atoms with Gasteiger partial charge in [0.2, 0.25) is 0 Å². The Hall–Kier alpha value is -1.77. The molecular weight excluding hydrogens is 234 g/mol. The Bertz CT molecular complexity index is 571. The van der Waals surface area contributed by atoms with Gasteiger partial charge in [-0.15, -0.1) is 0 Å². The minimum atomic E-state index is 0.448. The van der Waals surface area contributed by atoms with Crippen molar-refractivity contribution in [1.82, 2.24) is 4.98 Å². The summed E-state index contributed by atoms with van der Waals surface area (Å²) in [5.74, 6) is 1.14. The van der Waals surface area contributed by atoms with Crippen LogP contribution in [0.15, 0.2) is 30.5 Å². The van der Waals surface area contributed by atoms with E-state index in [2.05, 4.69) is 53.3 Å². The predicted molar refractivity (Wildman–Crippen MR) is 81.9 cm³/mol. The van der Waals surface area contributed by atoms with E-state index in [1.807, 2.05) is 6.20 Å². The minimum Gasteiger partial charge on any atom is -0.383 e. The van der Waals surface area contributed by atoms with Gasteiger partial charge in [0.15, 0.2) is 0 Å². The van der Waals surface area contributed by atoms with E-state index >= 15 is 0 Å². The molecule has 1 N–H and O–H groups in total. The number of fused-ring (bicyclic) bond motifs is 1. The van der Waals surface area contributed by atoms with E-state index in [-0.39, 0.29) is 0 Å². The van der Waals surface area contributed by atoms with Crippen molar-refractivity contribution in [2.45, 2.75) is 32.7 Å². The SMILES string of the molecule is CC(C)Nc1ccc2ccnc(N3CCCC3)c2c1. The van der Waals surface area contributed by atoms with Crippen molar-refractivity contribution in [2.75, 3.05) is 23.3 Å². The Labute approximate surface area is 114 Å². The molecule has 3 heteroatoms.